The zero-order valence-electron chi connectivity index (χ0n) is 19.0. The minimum Gasteiger partial charge on any atom is -0.371 e. The minimum absolute atomic E-state index is 0.0138. The lowest BCUT2D eigenvalue weighted by Gasteiger charge is -2.35. The Morgan fingerprint density at radius 2 is 1.94 bits per heavy atom. The molecule has 9 nitrogen and oxygen atoms in total. The molecule has 1 aromatic carbocycles. The van der Waals surface area contributed by atoms with Crippen LogP contribution in [-0.4, -0.2) is 49.7 Å². The Morgan fingerprint density at radius 3 is 2.73 bits per heavy atom. The van der Waals surface area contributed by atoms with Crippen molar-refractivity contribution in [1.29, 1.82) is 0 Å². The number of benzene rings is 1. The first-order valence-electron chi connectivity index (χ1n) is 11.7. The molecule has 0 atom stereocenters. The Hall–Kier alpha value is -2.88. The van der Waals surface area contributed by atoms with E-state index >= 15 is 0 Å². The first kappa shape index (κ1) is 23.3. The standard InChI is InChI=1S/C23H32N6O3S/c1-2-33(31,32)28-18-7-8-19-20(16-18)29-14-10-17(11-15-29)6-4-3-5-12-24-23-25-13-9-21(27-23)26-22(19)30/h7-9,13,16-17,28H,2-6,10-12,14-15H2,1H3,(H2,24,25,26,27,30). The summed E-state index contributed by atoms with van der Waals surface area (Å²) < 4.78 is 26.8. The van der Waals surface area contributed by atoms with E-state index in [2.05, 4.69) is 30.2 Å². The molecule has 1 fully saturated rings. The molecule has 178 valence electrons. The van der Waals surface area contributed by atoms with Crippen LogP contribution in [0.4, 0.5) is 23.1 Å². The summed E-state index contributed by atoms with van der Waals surface area (Å²) in [6, 6.07) is 6.74. The van der Waals surface area contributed by atoms with Crippen LogP contribution in [0.3, 0.4) is 0 Å². The van der Waals surface area contributed by atoms with E-state index in [0.29, 0.717) is 28.9 Å². The van der Waals surface area contributed by atoms with Gasteiger partial charge in [-0.15, -0.1) is 0 Å². The Morgan fingerprint density at radius 1 is 1.12 bits per heavy atom. The first-order chi connectivity index (χ1) is 15.9. The molecule has 2 aromatic rings. The molecule has 0 spiro atoms. The van der Waals surface area contributed by atoms with Crippen LogP contribution in [-0.2, 0) is 10.0 Å². The molecule has 5 rings (SSSR count). The molecule has 3 aliphatic rings. The van der Waals surface area contributed by atoms with Crippen LogP contribution in [0.25, 0.3) is 0 Å². The summed E-state index contributed by atoms with van der Waals surface area (Å²) >= 11 is 0. The van der Waals surface area contributed by atoms with Crippen molar-refractivity contribution in [2.45, 2.75) is 45.4 Å². The van der Waals surface area contributed by atoms with Crippen molar-refractivity contribution in [3.05, 3.63) is 36.0 Å². The van der Waals surface area contributed by atoms with Crippen molar-refractivity contribution in [2.24, 2.45) is 5.92 Å². The van der Waals surface area contributed by atoms with Crippen molar-refractivity contribution in [3.63, 3.8) is 0 Å². The number of fused-ring (bicyclic) bond motifs is 8. The molecular formula is C23H32N6O3S. The van der Waals surface area contributed by atoms with Crippen LogP contribution in [0, 0.1) is 5.92 Å². The first-order valence-corrected chi connectivity index (χ1v) is 13.4. The third kappa shape index (κ3) is 6.13. The number of anilines is 4. The Bertz CT molecular complexity index is 1080. The minimum atomic E-state index is -3.42. The van der Waals surface area contributed by atoms with E-state index in [9.17, 15) is 13.2 Å². The summed E-state index contributed by atoms with van der Waals surface area (Å²) in [7, 11) is -3.42. The molecule has 4 heterocycles. The number of hydrogen-bond donors (Lipinski definition) is 3. The van der Waals surface area contributed by atoms with Gasteiger partial charge in [-0.2, -0.15) is 4.98 Å². The van der Waals surface area contributed by atoms with Gasteiger partial charge < -0.3 is 15.5 Å². The molecule has 0 saturated carbocycles. The van der Waals surface area contributed by atoms with Gasteiger partial charge in [0, 0.05) is 25.8 Å². The van der Waals surface area contributed by atoms with Gasteiger partial charge in [-0.3, -0.25) is 9.52 Å². The molecule has 33 heavy (non-hydrogen) atoms. The highest BCUT2D eigenvalue weighted by Gasteiger charge is 2.24. The average molecular weight is 473 g/mol. The Labute approximate surface area is 195 Å². The molecule has 10 heteroatoms. The number of nitrogens with zero attached hydrogens (tertiary/aromatic N) is 3. The molecule has 3 aliphatic heterocycles. The van der Waals surface area contributed by atoms with E-state index < -0.39 is 10.0 Å². The number of piperidine rings is 1. The normalized spacial score (nSPS) is 18.1. The SMILES string of the molecule is CCS(=O)(=O)Nc1ccc2c(c1)N1CCC(CCCCCNc3nccc(n3)NC2=O)CC1. The van der Waals surface area contributed by atoms with Crippen molar-refractivity contribution < 1.29 is 13.2 Å². The number of carbonyl (C=O) groups is 1. The predicted octanol–water partition coefficient (Wildman–Crippen LogP) is 3.69. The lowest BCUT2D eigenvalue weighted by Crippen LogP contribution is -2.35. The van der Waals surface area contributed by atoms with E-state index in [1.54, 1.807) is 37.4 Å². The maximum absolute atomic E-state index is 13.2. The largest absolute Gasteiger partial charge is 0.371 e. The predicted molar refractivity (Wildman–Crippen MR) is 131 cm³/mol. The smallest absolute Gasteiger partial charge is 0.258 e. The summed E-state index contributed by atoms with van der Waals surface area (Å²) in [5.41, 5.74) is 1.69. The van der Waals surface area contributed by atoms with E-state index in [1.165, 1.54) is 12.8 Å². The highest BCUT2D eigenvalue weighted by atomic mass is 32.2. The zero-order chi connectivity index (χ0) is 23.3. The van der Waals surface area contributed by atoms with Crippen LogP contribution >= 0.6 is 0 Å². The van der Waals surface area contributed by atoms with Gasteiger partial charge in [0.25, 0.3) is 5.91 Å². The summed E-state index contributed by atoms with van der Waals surface area (Å²) in [6.45, 7) is 4.08. The molecule has 1 aromatic heterocycles. The quantitative estimate of drug-likeness (QED) is 0.624. The van der Waals surface area contributed by atoms with E-state index in [-0.39, 0.29) is 11.7 Å². The summed E-state index contributed by atoms with van der Waals surface area (Å²) in [6.07, 6.45) is 8.38. The number of carbonyl (C=O) groups excluding carboxylic acids is 1. The zero-order valence-corrected chi connectivity index (χ0v) is 19.8. The number of nitrogens with one attached hydrogen (secondary N) is 3. The molecule has 1 saturated heterocycles. The second kappa shape index (κ2) is 10.4. The Kier molecular flexibility index (Phi) is 7.32. The molecule has 0 radical (unpaired) electrons. The number of rotatable bonds is 3. The van der Waals surface area contributed by atoms with Gasteiger partial charge in [0.1, 0.15) is 5.82 Å². The van der Waals surface area contributed by atoms with Crippen LogP contribution < -0.4 is 20.3 Å². The fourth-order valence-corrected chi connectivity index (χ4v) is 5.03. The lowest BCUT2D eigenvalue weighted by molar-refractivity contribution is 0.102. The number of hydrogen-bond acceptors (Lipinski definition) is 7. The third-order valence-corrected chi connectivity index (χ3v) is 7.63. The molecule has 0 aliphatic carbocycles. The van der Waals surface area contributed by atoms with Gasteiger partial charge in [0.2, 0.25) is 16.0 Å². The summed E-state index contributed by atoms with van der Waals surface area (Å²) in [4.78, 5) is 24.1. The second-order valence-corrected chi connectivity index (χ2v) is 10.7. The molecule has 4 bridgehead atoms. The fraction of sp³-hybridized carbons (Fsp3) is 0.522. The number of sulfonamides is 1. The van der Waals surface area contributed by atoms with Gasteiger partial charge in [-0.25, -0.2) is 13.4 Å². The molecule has 1 amide bonds. The third-order valence-electron chi connectivity index (χ3n) is 6.32. The van der Waals surface area contributed by atoms with Gasteiger partial charge in [-0.1, -0.05) is 19.3 Å². The van der Waals surface area contributed by atoms with Gasteiger partial charge >= 0.3 is 0 Å². The van der Waals surface area contributed by atoms with E-state index in [4.69, 9.17) is 0 Å². The van der Waals surface area contributed by atoms with E-state index in [0.717, 1.165) is 51.0 Å². The highest BCUT2D eigenvalue weighted by Crippen LogP contribution is 2.32. The van der Waals surface area contributed by atoms with Crippen molar-refractivity contribution in [2.75, 3.05) is 45.6 Å². The average Bonchev–Trinajstić information content (AvgIpc) is 2.81. The molecule has 0 unspecified atom stereocenters. The van der Waals surface area contributed by atoms with Crippen molar-refractivity contribution >= 4 is 39.1 Å². The summed E-state index contributed by atoms with van der Waals surface area (Å²) in [5.74, 6) is 1.29. The van der Waals surface area contributed by atoms with Crippen LogP contribution in [0.2, 0.25) is 0 Å². The second-order valence-electron chi connectivity index (χ2n) is 8.66. The summed E-state index contributed by atoms with van der Waals surface area (Å²) in [5, 5.41) is 6.11. The highest BCUT2D eigenvalue weighted by molar-refractivity contribution is 7.92. The van der Waals surface area contributed by atoms with Gasteiger partial charge in [-0.05, 0) is 56.4 Å². The van der Waals surface area contributed by atoms with E-state index in [1.807, 2.05) is 0 Å². The number of amides is 1. The molecule has 3 N–H and O–H groups in total. The topological polar surface area (TPSA) is 116 Å². The fourth-order valence-electron chi connectivity index (χ4n) is 4.40. The Balaban J connectivity index is 1.66. The van der Waals surface area contributed by atoms with Gasteiger partial charge in [0.15, 0.2) is 0 Å². The maximum Gasteiger partial charge on any atom is 0.258 e. The van der Waals surface area contributed by atoms with Crippen LogP contribution in [0.5, 0.6) is 0 Å². The maximum atomic E-state index is 13.2. The lowest BCUT2D eigenvalue weighted by atomic mass is 9.90. The number of aromatic nitrogens is 2. The monoisotopic (exact) mass is 472 g/mol. The van der Waals surface area contributed by atoms with Crippen LogP contribution in [0.15, 0.2) is 30.5 Å². The van der Waals surface area contributed by atoms with Crippen molar-refractivity contribution in [3.8, 4) is 0 Å². The molecular weight excluding hydrogens is 440 g/mol. The van der Waals surface area contributed by atoms with Crippen molar-refractivity contribution in [1.82, 2.24) is 9.97 Å². The van der Waals surface area contributed by atoms with Gasteiger partial charge in [0.05, 0.1) is 22.7 Å². The van der Waals surface area contributed by atoms with Crippen LogP contribution in [0.1, 0.15) is 55.8 Å².